The van der Waals surface area contributed by atoms with Gasteiger partial charge in [-0.25, -0.2) is 9.97 Å². The van der Waals surface area contributed by atoms with Gasteiger partial charge in [-0.3, -0.25) is 0 Å². The Labute approximate surface area is 169 Å². The lowest BCUT2D eigenvalue weighted by molar-refractivity contribution is -0.00478. The van der Waals surface area contributed by atoms with Crippen molar-refractivity contribution in [3.8, 4) is 0 Å². The van der Waals surface area contributed by atoms with E-state index >= 15 is 0 Å². The van der Waals surface area contributed by atoms with Gasteiger partial charge in [-0.15, -0.1) is 23.5 Å². The summed E-state index contributed by atoms with van der Waals surface area (Å²) in [6, 6.07) is 10.2. The van der Waals surface area contributed by atoms with E-state index in [2.05, 4.69) is 46.8 Å². The molecule has 0 aliphatic carbocycles. The summed E-state index contributed by atoms with van der Waals surface area (Å²) in [7, 11) is 0. The Morgan fingerprint density at radius 3 is 2.78 bits per heavy atom. The molecule has 1 aliphatic heterocycles. The van der Waals surface area contributed by atoms with E-state index in [1.807, 2.05) is 24.5 Å². The van der Waals surface area contributed by atoms with Gasteiger partial charge in [0.25, 0.3) is 0 Å². The van der Waals surface area contributed by atoms with Gasteiger partial charge >= 0.3 is 0 Å². The molecule has 1 aromatic heterocycles. The Kier molecular flexibility index (Phi) is 7.76. The van der Waals surface area contributed by atoms with Gasteiger partial charge in [0, 0.05) is 5.22 Å². The first kappa shape index (κ1) is 20.4. The minimum atomic E-state index is 0.0499. The predicted molar refractivity (Wildman–Crippen MR) is 114 cm³/mol. The number of rotatable bonds is 7. The number of ether oxygens (including phenoxy) is 2. The fourth-order valence-electron chi connectivity index (χ4n) is 3.23. The quantitative estimate of drug-likeness (QED) is 0.524. The van der Waals surface area contributed by atoms with E-state index in [1.54, 1.807) is 29.9 Å². The summed E-state index contributed by atoms with van der Waals surface area (Å²) in [5.41, 5.74) is 1.19. The monoisotopic (exact) mass is 402 g/mol. The third kappa shape index (κ3) is 5.57. The Hall–Kier alpha value is -1.34. The number of hydrogen-bond donors (Lipinski definition) is 0. The van der Waals surface area contributed by atoms with E-state index in [-0.39, 0.29) is 12.2 Å². The Morgan fingerprint density at radius 2 is 2.04 bits per heavy atom. The van der Waals surface area contributed by atoms with Crippen LogP contribution < -0.4 is 10.6 Å². The van der Waals surface area contributed by atoms with Gasteiger partial charge in [-0.1, -0.05) is 37.3 Å². The molecule has 0 bridgehead atoms. The van der Waals surface area contributed by atoms with Crippen molar-refractivity contribution in [3.63, 3.8) is 0 Å². The second-order valence-electron chi connectivity index (χ2n) is 6.64. The van der Waals surface area contributed by atoms with Gasteiger partial charge in [-0.2, -0.15) is 0 Å². The van der Waals surface area contributed by atoms with Gasteiger partial charge in [0.2, 0.25) is 0 Å². The fraction of sp³-hybridized carbons (Fsp3) is 0.429. The zero-order valence-corrected chi connectivity index (χ0v) is 17.6. The molecule has 0 N–H and O–H groups in total. The van der Waals surface area contributed by atoms with Crippen molar-refractivity contribution in [3.05, 3.63) is 52.8 Å². The summed E-state index contributed by atoms with van der Waals surface area (Å²) < 4.78 is 12.1. The molecule has 3 atom stereocenters. The van der Waals surface area contributed by atoms with Gasteiger partial charge in [0.1, 0.15) is 11.4 Å². The van der Waals surface area contributed by atoms with E-state index in [0.29, 0.717) is 19.1 Å². The van der Waals surface area contributed by atoms with Gasteiger partial charge in [0.15, 0.2) is 0 Å². The lowest BCUT2D eigenvalue weighted by Gasteiger charge is -2.12. The summed E-state index contributed by atoms with van der Waals surface area (Å²) in [5.74, 6) is 0.435. The smallest absolute Gasteiger partial charge is 0.117 e. The van der Waals surface area contributed by atoms with E-state index in [9.17, 15) is 0 Å². The highest BCUT2D eigenvalue weighted by Gasteiger charge is 2.30. The highest BCUT2D eigenvalue weighted by atomic mass is 32.2. The molecule has 1 aliphatic rings. The number of hydrogen-bond acceptors (Lipinski definition) is 6. The number of aromatic nitrogens is 2. The van der Waals surface area contributed by atoms with Crippen LogP contribution >= 0.6 is 23.5 Å². The molecular formula is C21H26N2O2S2. The fourth-order valence-corrected chi connectivity index (χ4v) is 4.30. The number of benzene rings is 1. The molecule has 0 unspecified atom stereocenters. The van der Waals surface area contributed by atoms with Crippen molar-refractivity contribution in [2.45, 2.75) is 37.2 Å². The largest absolute Gasteiger partial charge is 0.374 e. The van der Waals surface area contributed by atoms with Crippen LogP contribution in [0.25, 0.3) is 11.5 Å². The van der Waals surface area contributed by atoms with Gasteiger partial charge in [-0.05, 0) is 41.9 Å². The molecule has 144 valence electrons. The van der Waals surface area contributed by atoms with E-state index < -0.39 is 0 Å². The number of nitrogens with zero attached hydrogens (tertiary/aromatic N) is 2. The van der Waals surface area contributed by atoms with Crippen LogP contribution in [0.4, 0.5) is 0 Å². The van der Waals surface area contributed by atoms with Crippen LogP contribution in [0.1, 0.15) is 18.9 Å². The summed E-state index contributed by atoms with van der Waals surface area (Å²) >= 11 is 3.31. The molecule has 1 saturated heterocycles. The standard InChI is InChI=1S/C21H26N2O2S2/c1-15-9-17(12-24-11-16-7-5-4-6-8-16)25-20(15)10-19-18(13-26-2)21(27-3)23-14-22-19/h4-8,10,13-15,17,20H,9,11-12H2,1-3H3/b18-13+,19-10-/t15-,17-,20-/m0/s1. The van der Waals surface area contributed by atoms with E-state index in [4.69, 9.17) is 9.47 Å². The third-order valence-electron chi connectivity index (χ3n) is 4.59. The number of thioether (sulfide) groups is 2. The predicted octanol–water partition coefficient (Wildman–Crippen LogP) is 3.09. The molecule has 1 aromatic carbocycles. The van der Waals surface area contributed by atoms with Crippen LogP contribution in [0.5, 0.6) is 0 Å². The molecule has 1 fully saturated rings. The van der Waals surface area contributed by atoms with Crippen LogP contribution in [0.2, 0.25) is 0 Å². The van der Waals surface area contributed by atoms with Crippen molar-refractivity contribution >= 4 is 35.0 Å². The van der Waals surface area contributed by atoms with Crippen LogP contribution in [0, 0.1) is 5.92 Å². The topological polar surface area (TPSA) is 44.2 Å². The minimum Gasteiger partial charge on any atom is -0.374 e. The van der Waals surface area contributed by atoms with Crippen molar-refractivity contribution in [2.24, 2.45) is 5.92 Å². The molecule has 0 spiro atoms. The maximum absolute atomic E-state index is 6.25. The van der Waals surface area contributed by atoms with Crippen molar-refractivity contribution in [1.29, 1.82) is 0 Å². The molecule has 2 heterocycles. The van der Waals surface area contributed by atoms with E-state index in [0.717, 1.165) is 22.0 Å². The van der Waals surface area contributed by atoms with Crippen LogP contribution in [0.15, 0.2) is 41.7 Å². The first-order valence-electron chi connectivity index (χ1n) is 9.08. The summed E-state index contributed by atoms with van der Waals surface area (Å²) in [6.07, 6.45) is 9.04. The second kappa shape index (κ2) is 10.3. The molecule has 2 aromatic rings. The highest BCUT2D eigenvalue weighted by Crippen LogP contribution is 2.27. The summed E-state index contributed by atoms with van der Waals surface area (Å²) in [6.45, 7) is 3.47. The summed E-state index contributed by atoms with van der Waals surface area (Å²) in [5, 5.41) is 5.14. The Morgan fingerprint density at radius 1 is 1.22 bits per heavy atom. The van der Waals surface area contributed by atoms with Crippen molar-refractivity contribution in [2.75, 3.05) is 19.1 Å². The minimum absolute atomic E-state index is 0.0499. The average Bonchev–Trinajstić information content (AvgIpc) is 3.03. The molecule has 0 saturated carbocycles. The lowest BCUT2D eigenvalue weighted by Crippen LogP contribution is -2.33. The third-order valence-corrected chi connectivity index (χ3v) is 5.77. The maximum atomic E-state index is 6.25. The molecule has 4 nitrogen and oxygen atoms in total. The SMILES string of the molecule is CS/C=c1/c(SC)ncn/c1=C\[C@@H]1O[C@H](COCc2ccccc2)C[C@@H]1C. The van der Waals surface area contributed by atoms with Crippen molar-refractivity contribution < 1.29 is 9.47 Å². The molecule has 0 radical (unpaired) electrons. The molecule has 6 heteroatoms. The second-order valence-corrected chi connectivity index (χ2v) is 8.14. The van der Waals surface area contributed by atoms with E-state index in [1.165, 1.54) is 5.56 Å². The highest BCUT2D eigenvalue weighted by molar-refractivity contribution is 8.06. The van der Waals surface area contributed by atoms with Gasteiger partial charge in [0.05, 0.1) is 30.8 Å². The van der Waals surface area contributed by atoms with Crippen molar-refractivity contribution in [1.82, 2.24) is 9.97 Å². The zero-order chi connectivity index (χ0) is 19.1. The lowest BCUT2D eigenvalue weighted by atomic mass is 10.0. The Balaban J connectivity index is 1.67. The molecule has 27 heavy (non-hydrogen) atoms. The van der Waals surface area contributed by atoms with Crippen LogP contribution in [-0.4, -0.2) is 41.3 Å². The zero-order valence-electron chi connectivity index (χ0n) is 16.0. The first-order valence-corrected chi connectivity index (χ1v) is 11.6. The normalized spacial score (nSPS) is 23.9. The van der Waals surface area contributed by atoms with Crippen LogP contribution in [0.3, 0.4) is 0 Å². The maximum Gasteiger partial charge on any atom is 0.117 e. The van der Waals surface area contributed by atoms with Crippen LogP contribution in [-0.2, 0) is 16.1 Å². The van der Waals surface area contributed by atoms with Gasteiger partial charge < -0.3 is 9.47 Å². The Bertz CT molecular complexity index is 845. The molecular weight excluding hydrogens is 376 g/mol. The molecule has 3 rings (SSSR count). The average molecular weight is 403 g/mol. The molecule has 0 amide bonds. The first-order chi connectivity index (χ1) is 13.2. The summed E-state index contributed by atoms with van der Waals surface area (Å²) in [4.78, 5) is 8.88.